The average molecular weight is 403 g/mol. The number of piperazine rings is 1. The second-order valence-corrected chi connectivity index (χ2v) is 7.13. The van der Waals surface area contributed by atoms with Crippen LogP contribution >= 0.6 is 0 Å². The molecule has 3 heterocycles. The summed E-state index contributed by atoms with van der Waals surface area (Å²) in [5.74, 6) is 1.63. The summed E-state index contributed by atoms with van der Waals surface area (Å²) >= 11 is 0. The van der Waals surface area contributed by atoms with E-state index in [0.29, 0.717) is 13.1 Å². The van der Waals surface area contributed by atoms with Gasteiger partial charge in [0.25, 0.3) is 5.91 Å². The molecule has 0 N–H and O–H groups in total. The van der Waals surface area contributed by atoms with Gasteiger partial charge >= 0.3 is 0 Å². The minimum Gasteiger partial charge on any atom is -0.483 e. The summed E-state index contributed by atoms with van der Waals surface area (Å²) in [7, 11) is 0. The third kappa shape index (κ3) is 4.56. The fourth-order valence-electron chi connectivity index (χ4n) is 3.52. The van der Waals surface area contributed by atoms with Gasteiger partial charge in [0.1, 0.15) is 5.75 Å². The number of carbonyl (C=O) groups excluding carboxylic acids is 1. The molecule has 0 atom stereocenters. The van der Waals surface area contributed by atoms with Gasteiger partial charge in [0, 0.05) is 44.1 Å². The molecule has 1 aliphatic rings. The zero-order chi connectivity index (χ0) is 20.8. The molecule has 1 fully saturated rings. The molecule has 0 radical (unpaired) electrons. The van der Waals surface area contributed by atoms with Gasteiger partial charge in [0.2, 0.25) is 0 Å². The molecule has 0 bridgehead atoms. The average Bonchev–Trinajstić information content (AvgIpc) is 2.83. The number of benzene rings is 1. The Hall–Kier alpha value is -3.48. The van der Waals surface area contributed by atoms with Gasteiger partial charge in [-0.15, -0.1) is 10.2 Å². The molecule has 1 amide bonds. The van der Waals surface area contributed by atoms with Gasteiger partial charge in [0.15, 0.2) is 12.4 Å². The molecule has 7 nitrogen and oxygen atoms in total. The standard InChI is InChI=1S/C23H25N5O2/c1-2-18-5-3-4-6-21(18)30-17-23(29)28-15-13-27(14-16-28)22-8-7-20(25-26-22)19-9-11-24-12-10-19/h3-12H,2,13-17H2,1H3. The Balaban J connectivity index is 1.30. The van der Waals surface area contributed by atoms with Gasteiger partial charge in [-0.2, -0.15) is 0 Å². The maximum absolute atomic E-state index is 12.6. The molecule has 1 aromatic carbocycles. The third-order valence-electron chi connectivity index (χ3n) is 5.29. The van der Waals surface area contributed by atoms with E-state index < -0.39 is 0 Å². The van der Waals surface area contributed by atoms with Crippen LogP contribution in [0.15, 0.2) is 60.9 Å². The van der Waals surface area contributed by atoms with Gasteiger partial charge < -0.3 is 14.5 Å². The Bertz CT molecular complexity index is 970. The Kier molecular flexibility index (Phi) is 6.17. The van der Waals surface area contributed by atoms with Crippen molar-refractivity contribution in [1.29, 1.82) is 0 Å². The van der Waals surface area contributed by atoms with E-state index in [9.17, 15) is 4.79 Å². The lowest BCUT2D eigenvalue weighted by Gasteiger charge is -2.35. The SMILES string of the molecule is CCc1ccccc1OCC(=O)N1CCN(c2ccc(-c3ccncc3)nn2)CC1. The maximum atomic E-state index is 12.6. The number of carbonyl (C=O) groups is 1. The summed E-state index contributed by atoms with van der Waals surface area (Å²) in [6.07, 6.45) is 4.36. The van der Waals surface area contributed by atoms with Gasteiger partial charge in [-0.3, -0.25) is 9.78 Å². The number of hydrogen-bond donors (Lipinski definition) is 0. The van der Waals surface area contributed by atoms with Crippen LogP contribution < -0.4 is 9.64 Å². The number of ether oxygens (including phenoxy) is 1. The zero-order valence-corrected chi connectivity index (χ0v) is 17.1. The summed E-state index contributed by atoms with van der Waals surface area (Å²) < 4.78 is 5.78. The first-order valence-corrected chi connectivity index (χ1v) is 10.2. The van der Waals surface area contributed by atoms with Crippen molar-refractivity contribution in [3.8, 4) is 17.0 Å². The van der Waals surface area contributed by atoms with Crippen LogP contribution in [0.25, 0.3) is 11.3 Å². The third-order valence-corrected chi connectivity index (χ3v) is 5.29. The molecule has 0 spiro atoms. The zero-order valence-electron chi connectivity index (χ0n) is 17.1. The highest BCUT2D eigenvalue weighted by atomic mass is 16.5. The first-order chi connectivity index (χ1) is 14.7. The van der Waals surface area contributed by atoms with Crippen LogP contribution in [0.5, 0.6) is 5.75 Å². The molecule has 4 rings (SSSR count). The molecule has 1 saturated heterocycles. The first kappa shape index (κ1) is 19.8. The number of aryl methyl sites for hydroxylation is 1. The largest absolute Gasteiger partial charge is 0.483 e. The van der Waals surface area contributed by atoms with E-state index in [4.69, 9.17) is 4.74 Å². The van der Waals surface area contributed by atoms with Gasteiger partial charge in [-0.25, -0.2) is 0 Å². The molecule has 7 heteroatoms. The van der Waals surface area contributed by atoms with E-state index in [1.807, 2.05) is 53.4 Å². The lowest BCUT2D eigenvalue weighted by Crippen LogP contribution is -2.50. The van der Waals surface area contributed by atoms with E-state index >= 15 is 0 Å². The van der Waals surface area contributed by atoms with Gasteiger partial charge in [-0.1, -0.05) is 25.1 Å². The topological polar surface area (TPSA) is 71.5 Å². The highest BCUT2D eigenvalue weighted by molar-refractivity contribution is 5.78. The smallest absolute Gasteiger partial charge is 0.260 e. The Labute approximate surface area is 176 Å². The van der Waals surface area contributed by atoms with E-state index in [2.05, 4.69) is 27.0 Å². The maximum Gasteiger partial charge on any atom is 0.260 e. The molecule has 2 aromatic heterocycles. The van der Waals surface area contributed by atoms with Crippen LogP contribution in [-0.4, -0.2) is 58.8 Å². The minimum absolute atomic E-state index is 0.0136. The van der Waals surface area contributed by atoms with Crippen molar-refractivity contribution >= 4 is 11.7 Å². The summed E-state index contributed by atoms with van der Waals surface area (Å²) in [6, 6.07) is 15.6. The minimum atomic E-state index is 0.0136. The molecular formula is C23H25N5O2. The number of pyridine rings is 1. The van der Waals surface area contributed by atoms with Crippen molar-refractivity contribution in [3.63, 3.8) is 0 Å². The summed E-state index contributed by atoms with van der Waals surface area (Å²) in [6.45, 7) is 4.88. The lowest BCUT2D eigenvalue weighted by atomic mass is 10.1. The molecule has 0 aliphatic carbocycles. The highest BCUT2D eigenvalue weighted by Gasteiger charge is 2.22. The fraction of sp³-hybridized carbons (Fsp3) is 0.304. The van der Waals surface area contributed by atoms with E-state index in [1.54, 1.807) is 12.4 Å². The molecule has 154 valence electrons. The highest BCUT2D eigenvalue weighted by Crippen LogP contribution is 2.20. The van der Waals surface area contributed by atoms with Crippen molar-refractivity contribution in [2.75, 3.05) is 37.7 Å². The van der Waals surface area contributed by atoms with E-state index in [1.165, 1.54) is 0 Å². The molecule has 3 aromatic rings. The number of anilines is 1. The number of para-hydroxylation sites is 1. The van der Waals surface area contributed by atoms with Crippen LogP contribution in [0.4, 0.5) is 5.82 Å². The molecule has 30 heavy (non-hydrogen) atoms. The Morgan fingerprint density at radius 2 is 1.73 bits per heavy atom. The summed E-state index contributed by atoms with van der Waals surface area (Å²) in [4.78, 5) is 20.6. The molecule has 1 aliphatic heterocycles. The number of hydrogen-bond acceptors (Lipinski definition) is 6. The molecular weight excluding hydrogens is 378 g/mol. The number of rotatable bonds is 6. The summed E-state index contributed by atoms with van der Waals surface area (Å²) in [5, 5.41) is 8.71. The van der Waals surface area contributed by atoms with Crippen LogP contribution in [-0.2, 0) is 11.2 Å². The van der Waals surface area contributed by atoms with E-state index in [0.717, 1.165) is 47.9 Å². The van der Waals surface area contributed by atoms with Crippen LogP contribution in [0.2, 0.25) is 0 Å². The second-order valence-electron chi connectivity index (χ2n) is 7.13. The normalized spacial score (nSPS) is 13.9. The van der Waals surface area contributed by atoms with Crippen molar-refractivity contribution in [1.82, 2.24) is 20.1 Å². The Morgan fingerprint density at radius 3 is 2.43 bits per heavy atom. The van der Waals surface area contributed by atoms with Gasteiger partial charge in [0.05, 0.1) is 5.69 Å². The van der Waals surface area contributed by atoms with Crippen molar-refractivity contribution < 1.29 is 9.53 Å². The number of amides is 1. The van der Waals surface area contributed by atoms with Crippen molar-refractivity contribution in [2.45, 2.75) is 13.3 Å². The quantitative estimate of drug-likeness (QED) is 0.630. The number of aromatic nitrogens is 3. The van der Waals surface area contributed by atoms with Crippen LogP contribution in [0, 0.1) is 0 Å². The Morgan fingerprint density at radius 1 is 0.967 bits per heavy atom. The van der Waals surface area contributed by atoms with Crippen LogP contribution in [0.3, 0.4) is 0 Å². The van der Waals surface area contributed by atoms with Crippen molar-refractivity contribution in [3.05, 3.63) is 66.5 Å². The van der Waals surface area contributed by atoms with Gasteiger partial charge in [-0.05, 0) is 42.3 Å². The van der Waals surface area contributed by atoms with E-state index in [-0.39, 0.29) is 12.5 Å². The molecule has 0 saturated carbocycles. The predicted molar refractivity (Wildman–Crippen MR) is 115 cm³/mol. The first-order valence-electron chi connectivity index (χ1n) is 10.2. The monoisotopic (exact) mass is 403 g/mol. The fourth-order valence-corrected chi connectivity index (χ4v) is 3.52. The van der Waals surface area contributed by atoms with Crippen LogP contribution in [0.1, 0.15) is 12.5 Å². The summed E-state index contributed by atoms with van der Waals surface area (Å²) in [5.41, 5.74) is 2.92. The number of nitrogens with zero attached hydrogens (tertiary/aromatic N) is 5. The lowest BCUT2D eigenvalue weighted by molar-refractivity contribution is -0.133. The molecule has 0 unspecified atom stereocenters. The predicted octanol–water partition coefficient (Wildman–Crippen LogP) is 2.83. The second kappa shape index (κ2) is 9.35. The van der Waals surface area contributed by atoms with Crippen molar-refractivity contribution in [2.24, 2.45) is 0 Å².